The van der Waals surface area contributed by atoms with Crippen molar-refractivity contribution in [2.45, 2.75) is 46.3 Å². The van der Waals surface area contributed by atoms with Gasteiger partial charge < -0.3 is 15.0 Å². The van der Waals surface area contributed by atoms with Crippen LogP contribution in [0.2, 0.25) is 0 Å². The summed E-state index contributed by atoms with van der Waals surface area (Å²) in [6.07, 6.45) is 0.813. The second-order valence-corrected chi connectivity index (χ2v) is 5.50. The van der Waals surface area contributed by atoms with Crippen LogP contribution in [0, 0.1) is 5.92 Å². The van der Waals surface area contributed by atoms with E-state index in [9.17, 15) is 4.79 Å². The lowest BCUT2D eigenvalue weighted by Gasteiger charge is -2.36. The number of morpholine rings is 1. The Balaban J connectivity index is 2.44. The van der Waals surface area contributed by atoms with Gasteiger partial charge in [-0.15, -0.1) is 0 Å². The van der Waals surface area contributed by atoms with Gasteiger partial charge in [-0.3, -0.25) is 4.79 Å². The summed E-state index contributed by atoms with van der Waals surface area (Å²) in [5.74, 6) is 0.345. The zero-order chi connectivity index (χ0) is 13.0. The number of hydrogen-bond acceptors (Lipinski definition) is 3. The molecule has 0 aromatic carbocycles. The van der Waals surface area contributed by atoms with Gasteiger partial charge in [-0.25, -0.2) is 0 Å². The Morgan fingerprint density at radius 3 is 2.41 bits per heavy atom. The van der Waals surface area contributed by atoms with Crippen LogP contribution in [0.1, 0.15) is 34.1 Å². The van der Waals surface area contributed by atoms with Crippen molar-refractivity contribution in [3.8, 4) is 0 Å². The molecule has 0 aromatic rings. The predicted molar refractivity (Wildman–Crippen MR) is 71.8 cm³/mol. The fourth-order valence-electron chi connectivity index (χ4n) is 1.96. The van der Waals surface area contributed by atoms with Crippen LogP contribution in [0.3, 0.4) is 0 Å². The smallest absolute Gasteiger partial charge is 0.226 e. The Labute approximate surface area is 109 Å². The summed E-state index contributed by atoms with van der Waals surface area (Å²) in [4.78, 5) is 13.6. The number of thiocarbonyl (C=S) groups is 1. The van der Waals surface area contributed by atoms with Crippen LogP contribution in [-0.2, 0) is 9.53 Å². The highest BCUT2D eigenvalue weighted by Crippen LogP contribution is 2.10. The molecule has 1 aliphatic heterocycles. The van der Waals surface area contributed by atoms with E-state index in [1.165, 1.54) is 0 Å². The summed E-state index contributed by atoms with van der Waals surface area (Å²) in [6, 6.07) is 0. The van der Waals surface area contributed by atoms with Crippen LogP contribution in [-0.4, -0.2) is 41.2 Å². The van der Waals surface area contributed by atoms with Gasteiger partial charge in [0.15, 0.2) is 5.11 Å². The molecule has 1 saturated heterocycles. The largest absolute Gasteiger partial charge is 0.372 e. The molecule has 0 spiro atoms. The first-order chi connectivity index (χ1) is 7.88. The van der Waals surface area contributed by atoms with E-state index in [1.54, 1.807) is 0 Å². The van der Waals surface area contributed by atoms with Crippen molar-refractivity contribution >= 4 is 23.2 Å². The molecule has 17 heavy (non-hydrogen) atoms. The molecule has 1 heterocycles. The molecule has 0 radical (unpaired) electrons. The van der Waals surface area contributed by atoms with E-state index < -0.39 is 0 Å². The maximum Gasteiger partial charge on any atom is 0.226 e. The standard InChI is InChI=1S/C12H22N2O2S/c1-8(2)5-11(15)13-12(17)14-6-9(3)16-10(4)7-14/h8-10H,5-7H2,1-4H3,(H,13,15,17). The fourth-order valence-corrected chi connectivity index (χ4v) is 2.23. The maximum absolute atomic E-state index is 11.6. The quantitative estimate of drug-likeness (QED) is 0.763. The van der Waals surface area contributed by atoms with Gasteiger partial charge in [-0.1, -0.05) is 13.8 Å². The van der Waals surface area contributed by atoms with E-state index in [2.05, 4.69) is 5.32 Å². The first-order valence-corrected chi connectivity index (χ1v) is 6.53. The summed E-state index contributed by atoms with van der Waals surface area (Å²) >= 11 is 5.25. The lowest BCUT2D eigenvalue weighted by Crippen LogP contribution is -2.52. The van der Waals surface area contributed by atoms with Gasteiger partial charge in [0.05, 0.1) is 12.2 Å². The first-order valence-electron chi connectivity index (χ1n) is 6.12. The molecule has 1 fully saturated rings. The topological polar surface area (TPSA) is 41.6 Å². The van der Waals surface area contributed by atoms with E-state index in [0.717, 1.165) is 13.1 Å². The third-order valence-corrected chi connectivity index (χ3v) is 2.91. The van der Waals surface area contributed by atoms with Gasteiger partial charge in [-0.05, 0) is 32.0 Å². The Morgan fingerprint density at radius 2 is 1.94 bits per heavy atom. The average Bonchev–Trinajstić information content (AvgIpc) is 2.14. The van der Waals surface area contributed by atoms with Crippen molar-refractivity contribution < 1.29 is 9.53 Å². The summed E-state index contributed by atoms with van der Waals surface area (Å²) in [6.45, 7) is 9.54. The molecule has 5 heteroatoms. The Hall–Kier alpha value is -0.680. The number of nitrogens with one attached hydrogen (secondary N) is 1. The van der Waals surface area contributed by atoms with Crippen molar-refractivity contribution in [3.05, 3.63) is 0 Å². The van der Waals surface area contributed by atoms with Crippen molar-refractivity contribution in [3.63, 3.8) is 0 Å². The van der Waals surface area contributed by atoms with Gasteiger partial charge in [0.1, 0.15) is 0 Å². The number of carbonyl (C=O) groups is 1. The summed E-state index contributed by atoms with van der Waals surface area (Å²) in [5, 5.41) is 3.31. The van der Waals surface area contributed by atoms with Gasteiger partial charge in [0, 0.05) is 19.5 Å². The van der Waals surface area contributed by atoms with E-state index in [0.29, 0.717) is 17.5 Å². The van der Waals surface area contributed by atoms with Crippen molar-refractivity contribution in [1.82, 2.24) is 10.2 Å². The van der Waals surface area contributed by atoms with E-state index >= 15 is 0 Å². The minimum Gasteiger partial charge on any atom is -0.372 e. The predicted octanol–water partition coefficient (Wildman–Crippen LogP) is 1.54. The Kier molecular flexibility index (Phi) is 5.33. The number of ether oxygens (including phenoxy) is 1. The SMILES string of the molecule is CC(C)CC(=O)NC(=S)N1CC(C)OC(C)C1. The fraction of sp³-hybridized carbons (Fsp3) is 0.833. The zero-order valence-corrected chi connectivity index (χ0v) is 11.8. The lowest BCUT2D eigenvalue weighted by molar-refractivity contribution is -0.120. The monoisotopic (exact) mass is 258 g/mol. The van der Waals surface area contributed by atoms with Crippen LogP contribution in [0.25, 0.3) is 0 Å². The van der Waals surface area contributed by atoms with Crippen LogP contribution < -0.4 is 5.32 Å². The molecule has 0 saturated carbocycles. The van der Waals surface area contributed by atoms with E-state index in [1.807, 2.05) is 32.6 Å². The van der Waals surface area contributed by atoms with Gasteiger partial charge in [-0.2, -0.15) is 0 Å². The minimum absolute atomic E-state index is 0.00296. The molecule has 1 amide bonds. The highest BCUT2D eigenvalue weighted by Gasteiger charge is 2.24. The first kappa shape index (κ1) is 14.4. The molecular weight excluding hydrogens is 236 g/mol. The molecule has 0 bridgehead atoms. The van der Waals surface area contributed by atoms with Crippen LogP contribution in [0.15, 0.2) is 0 Å². The number of hydrogen-bond donors (Lipinski definition) is 1. The minimum atomic E-state index is -0.00296. The zero-order valence-electron chi connectivity index (χ0n) is 11.0. The molecule has 0 aromatic heterocycles. The average molecular weight is 258 g/mol. The summed E-state index contributed by atoms with van der Waals surface area (Å²) < 4.78 is 5.62. The lowest BCUT2D eigenvalue weighted by atomic mass is 10.1. The second kappa shape index (κ2) is 6.31. The normalized spacial score (nSPS) is 24.9. The summed E-state index contributed by atoms with van der Waals surface area (Å²) in [7, 11) is 0. The van der Waals surface area contributed by atoms with Crippen LogP contribution >= 0.6 is 12.2 Å². The number of rotatable bonds is 2. The van der Waals surface area contributed by atoms with Gasteiger partial charge in [0.25, 0.3) is 0 Å². The van der Waals surface area contributed by atoms with Gasteiger partial charge >= 0.3 is 0 Å². The molecule has 2 atom stereocenters. The molecule has 98 valence electrons. The third-order valence-electron chi connectivity index (χ3n) is 2.55. The van der Waals surface area contributed by atoms with Crippen LogP contribution in [0.4, 0.5) is 0 Å². The molecule has 2 unspecified atom stereocenters. The highest BCUT2D eigenvalue weighted by molar-refractivity contribution is 7.80. The molecule has 4 nitrogen and oxygen atoms in total. The highest BCUT2D eigenvalue weighted by atomic mass is 32.1. The summed E-state index contributed by atoms with van der Waals surface area (Å²) in [5.41, 5.74) is 0. The number of nitrogens with zero attached hydrogens (tertiary/aromatic N) is 1. The number of amides is 1. The molecular formula is C12H22N2O2S. The molecule has 1 rings (SSSR count). The Bertz CT molecular complexity index is 284. The number of carbonyl (C=O) groups excluding carboxylic acids is 1. The Morgan fingerprint density at radius 1 is 1.41 bits per heavy atom. The molecule has 1 N–H and O–H groups in total. The molecule has 1 aliphatic rings. The van der Waals surface area contributed by atoms with Crippen molar-refractivity contribution in [2.24, 2.45) is 5.92 Å². The van der Waals surface area contributed by atoms with E-state index in [4.69, 9.17) is 17.0 Å². The molecule has 0 aliphatic carbocycles. The maximum atomic E-state index is 11.6. The van der Waals surface area contributed by atoms with Crippen molar-refractivity contribution in [1.29, 1.82) is 0 Å². The van der Waals surface area contributed by atoms with Crippen LogP contribution in [0.5, 0.6) is 0 Å². The third kappa shape index (κ3) is 5.00. The van der Waals surface area contributed by atoms with E-state index in [-0.39, 0.29) is 18.1 Å². The second-order valence-electron chi connectivity index (χ2n) is 5.11. The van der Waals surface area contributed by atoms with Crippen molar-refractivity contribution in [2.75, 3.05) is 13.1 Å². The van der Waals surface area contributed by atoms with Gasteiger partial charge in [0.2, 0.25) is 5.91 Å².